The van der Waals surface area contributed by atoms with Gasteiger partial charge in [0.2, 0.25) is 23.6 Å². The first-order chi connectivity index (χ1) is 19.2. The summed E-state index contributed by atoms with van der Waals surface area (Å²) in [6.45, 7) is 0. The van der Waals surface area contributed by atoms with Crippen LogP contribution in [0.25, 0.3) is 0 Å². The molecule has 15 heteroatoms. The SMILES string of the molecule is NC(=O)CC(NC(=O)C(N)CC(=O)O)C(=O)NC(Cc1ccc(O)cc1)C(=O)NC(Cc1ccc(O)cc1)C(=O)O. The number of rotatable bonds is 15. The number of carbonyl (C=O) groups is 6. The van der Waals surface area contributed by atoms with E-state index in [1.165, 1.54) is 48.5 Å². The standard InChI is InChI=1S/C26H31N5O10/c27-17(11-22(35)36)23(37)29-19(12-21(28)34)25(39)30-18(9-13-1-5-15(32)6-2-13)24(38)31-20(26(40)41)10-14-3-7-16(33)8-4-14/h1-8,17-20,32-33H,9-12,27H2,(H2,28,34)(H,29,37)(H,30,39)(H,31,38)(H,35,36)(H,40,41). The maximum atomic E-state index is 13.3. The average molecular weight is 574 g/mol. The molecule has 2 aromatic carbocycles. The minimum absolute atomic E-state index is 0.0390. The zero-order chi connectivity index (χ0) is 30.7. The molecule has 11 N–H and O–H groups in total. The van der Waals surface area contributed by atoms with E-state index in [1.54, 1.807) is 0 Å². The van der Waals surface area contributed by atoms with Crippen LogP contribution in [-0.4, -0.2) is 80.2 Å². The van der Waals surface area contributed by atoms with Gasteiger partial charge in [-0.1, -0.05) is 24.3 Å². The van der Waals surface area contributed by atoms with Gasteiger partial charge in [0, 0.05) is 12.8 Å². The maximum absolute atomic E-state index is 13.3. The number of primary amides is 1. The minimum Gasteiger partial charge on any atom is -0.508 e. The van der Waals surface area contributed by atoms with Crippen LogP contribution in [0.5, 0.6) is 11.5 Å². The Balaban J connectivity index is 2.28. The van der Waals surface area contributed by atoms with E-state index in [0.29, 0.717) is 11.1 Å². The van der Waals surface area contributed by atoms with Crippen LogP contribution < -0.4 is 27.4 Å². The van der Waals surface area contributed by atoms with Gasteiger partial charge in [0.15, 0.2) is 0 Å². The van der Waals surface area contributed by atoms with Crippen LogP contribution in [0.3, 0.4) is 0 Å². The molecular formula is C26H31N5O10. The highest BCUT2D eigenvalue weighted by atomic mass is 16.4. The van der Waals surface area contributed by atoms with Gasteiger partial charge in [-0.25, -0.2) is 4.79 Å². The van der Waals surface area contributed by atoms with E-state index in [9.17, 15) is 44.1 Å². The van der Waals surface area contributed by atoms with Gasteiger partial charge < -0.3 is 47.8 Å². The van der Waals surface area contributed by atoms with Crippen molar-refractivity contribution in [3.05, 3.63) is 59.7 Å². The van der Waals surface area contributed by atoms with Gasteiger partial charge in [0.05, 0.1) is 18.9 Å². The number of nitrogens with two attached hydrogens (primary N) is 2. The van der Waals surface area contributed by atoms with Gasteiger partial charge in [0.25, 0.3) is 0 Å². The fraction of sp³-hybridized carbons (Fsp3) is 0.308. The zero-order valence-electron chi connectivity index (χ0n) is 21.6. The second-order valence-corrected chi connectivity index (χ2v) is 9.14. The van der Waals surface area contributed by atoms with Crippen molar-refractivity contribution >= 4 is 35.6 Å². The number of carbonyl (C=O) groups excluding carboxylic acids is 4. The molecule has 0 fully saturated rings. The Morgan fingerprint density at radius 3 is 1.49 bits per heavy atom. The molecule has 0 radical (unpaired) electrons. The Bertz CT molecular complexity index is 1270. The lowest BCUT2D eigenvalue weighted by atomic mass is 10.0. The third-order valence-corrected chi connectivity index (χ3v) is 5.77. The molecule has 2 rings (SSSR count). The van der Waals surface area contributed by atoms with Crippen LogP contribution in [0.1, 0.15) is 24.0 Å². The van der Waals surface area contributed by atoms with Crippen molar-refractivity contribution in [3.63, 3.8) is 0 Å². The summed E-state index contributed by atoms with van der Waals surface area (Å²) in [5.41, 5.74) is 11.6. The third kappa shape index (κ3) is 10.8. The van der Waals surface area contributed by atoms with E-state index in [2.05, 4.69) is 16.0 Å². The van der Waals surface area contributed by atoms with Gasteiger partial charge in [-0.05, 0) is 35.4 Å². The van der Waals surface area contributed by atoms with Gasteiger partial charge in [-0.15, -0.1) is 0 Å². The Labute approximate surface area is 233 Å². The van der Waals surface area contributed by atoms with E-state index < -0.39 is 72.6 Å². The maximum Gasteiger partial charge on any atom is 0.326 e. The summed E-state index contributed by atoms with van der Waals surface area (Å²) in [5.74, 6) is -6.91. The second-order valence-electron chi connectivity index (χ2n) is 9.14. The summed E-state index contributed by atoms with van der Waals surface area (Å²) in [6, 6.07) is 5.15. The molecule has 0 spiro atoms. The number of carboxylic acid groups (broad SMARTS) is 2. The van der Waals surface area contributed by atoms with Crippen LogP contribution >= 0.6 is 0 Å². The Morgan fingerprint density at radius 2 is 1.05 bits per heavy atom. The van der Waals surface area contributed by atoms with Crippen molar-refractivity contribution in [1.29, 1.82) is 0 Å². The number of aliphatic carboxylic acids is 2. The van der Waals surface area contributed by atoms with Crippen molar-refractivity contribution in [3.8, 4) is 11.5 Å². The van der Waals surface area contributed by atoms with Crippen LogP contribution in [0.4, 0.5) is 0 Å². The monoisotopic (exact) mass is 573 g/mol. The molecule has 0 aliphatic heterocycles. The van der Waals surface area contributed by atoms with Crippen molar-refractivity contribution < 1.29 is 49.2 Å². The number of hydrogen-bond donors (Lipinski definition) is 9. The van der Waals surface area contributed by atoms with E-state index >= 15 is 0 Å². The second kappa shape index (κ2) is 14.8. The molecule has 2 aromatic rings. The van der Waals surface area contributed by atoms with Crippen molar-refractivity contribution in [1.82, 2.24) is 16.0 Å². The highest BCUT2D eigenvalue weighted by Gasteiger charge is 2.31. The van der Waals surface area contributed by atoms with Crippen molar-refractivity contribution in [2.75, 3.05) is 0 Å². The molecule has 0 heterocycles. The molecule has 0 bridgehead atoms. The summed E-state index contributed by atoms with van der Waals surface area (Å²) in [7, 11) is 0. The number of phenols is 2. The molecule has 0 aromatic heterocycles. The molecule has 0 saturated heterocycles. The first-order valence-electron chi connectivity index (χ1n) is 12.2. The fourth-order valence-electron chi connectivity index (χ4n) is 3.66. The van der Waals surface area contributed by atoms with Crippen LogP contribution in [0.15, 0.2) is 48.5 Å². The number of phenolic OH excluding ortho intramolecular Hbond substituents is 2. The molecule has 220 valence electrons. The number of aromatic hydroxyl groups is 2. The van der Waals surface area contributed by atoms with E-state index in [0.717, 1.165) is 0 Å². The largest absolute Gasteiger partial charge is 0.508 e. The number of carboxylic acids is 2. The quantitative estimate of drug-likeness (QED) is 0.113. The summed E-state index contributed by atoms with van der Waals surface area (Å²) < 4.78 is 0. The summed E-state index contributed by atoms with van der Waals surface area (Å²) in [4.78, 5) is 73.0. The molecule has 0 aliphatic rings. The topological polar surface area (TPSA) is 271 Å². The molecular weight excluding hydrogens is 542 g/mol. The van der Waals surface area contributed by atoms with Crippen molar-refractivity contribution in [2.24, 2.45) is 11.5 Å². The summed E-state index contributed by atoms with van der Waals surface area (Å²) in [6.07, 6.45) is -1.84. The minimum atomic E-state index is -1.64. The normalized spacial score (nSPS) is 13.6. The number of hydrogen-bond acceptors (Lipinski definition) is 9. The Hall–Kier alpha value is -5.18. The molecule has 0 saturated carbocycles. The van der Waals surface area contributed by atoms with E-state index in [1.807, 2.05) is 0 Å². The first-order valence-corrected chi connectivity index (χ1v) is 12.2. The van der Waals surface area contributed by atoms with Gasteiger partial charge in [0.1, 0.15) is 29.6 Å². The highest BCUT2D eigenvalue weighted by molar-refractivity contribution is 5.96. The zero-order valence-corrected chi connectivity index (χ0v) is 21.6. The average Bonchev–Trinajstić information content (AvgIpc) is 2.89. The van der Waals surface area contributed by atoms with Crippen LogP contribution in [-0.2, 0) is 41.6 Å². The molecule has 4 unspecified atom stereocenters. The van der Waals surface area contributed by atoms with Crippen LogP contribution in [0, 0.1) is 0 Å². The lowest BCUT2D eigenvalue weighted by Gasteiger charge is -2.25. The molecule has 4 atom stereocenters. The number of nitrogens with one attached hydrogen (secondary N) is 3. The highest BCUT2D eigenvalue weighted by Crippen LogP contribution is 2.14. The summed E-state index contributed by atoms with van der Waals surface area (Å²) >= 11 is 0. The van der Waals surface area contributed by atoms with Gasteiger partial charge in [-0.3, -0.25) is 24.0 Å². The van der Waals surface area contributed by atoms with Gasteiger partial charge >= 0.3 is 11.9 Å². The lowest BCUT2D eigenvalue weighted by Crippen LogP contribution is -2.58. The molecule has 4 amide bonds. The molecule has 0 aliphatic carbocycles. The molecule has 41 heavy (non-hydrogen) atoms. The Morgan fingerprint density at radius 1 is 0.634 bits per heavy atom. The van der Waals surface area contributed by atoms with E-state index in [-0.39, 0.29) is 24.3 Å². The number of benzene rings is 2. The molecule has 15 nitrogen and oxygen atoms in total. The van der Waals surface area contributed by atoms with Crippen LogP contribution in [0.2, 0.25) is 0 Å². The Kier molecular flexibility index (Phi) is 11.6. The van der Waals surface area contributed by atoms with Gasteiger partial charge in [-0.2, -0.15) is 0 Å². The first kappa shape index (κ1) is 32.0. The predicted molar refractivity (Wildman–Crippen MR) is 141 cm³/mol. The third-order valence-electron chi connectivity index (χ3n) is 5.77. The van der Waals surface area contributed by atoms with E-state index in [4.69, 9.17) is 16.6 Å². The predicted octanol–water partition coefficient (Wildman–Crippen LogP) is -1.90. The number of amides is 4. The van der Waals surface area contributed by atoms with Crippen molar-refractivity contribution in [2.45, 2.75) is 49.9 Å². The lowest BCUT2D eigenvalue weighted by molar-refractivity contribution is -0.142. The summed E-state index contributed by atoms with van der Waals surface area (Å²) in [5, 5.41) is 44.4. The smallest absolute Gasteiger partial charge is 0.326 e. The fourth-order valence-corrected chi connectivity index (χ4v) is 3.66.